The predicted octanol–water partition coefficient (Wildman–Crippen LogP) is 23.8. The van der Waals surface area contributed by atoms with Crippen molar-refractivity contribution < 1.29 is 0 Å². The Morgan fingerprint density at radius 2 is 0.453 bits per heavy atom. The van der Waals surface area contributed by atoms with Crippen molar-refractivity contribution in [3.05, 3.63) is 364 Å². The molecule has 0 N–H and O–H groups in total. The number of aromatic nitrogens is 10. The highest BCUT2D eigenvalue weighted by atomic mass is 15.2. The molecule has 0 aliphatic heterocycles. The summed E-state index contributed by atoms with van der Waals surface area (Å²) in [5.74, 6) is 3.34. The van der Waals surface area contributed by atoms with Gasteiger partial charge in [0.1, 0.15) is 0 Å². The Morgan fingerprint density at radius 1 is 0.160 bits per heavy atom. The molecular weight excluding hydrogens is 1290 g/mol. The summed E-state index contributed by atoms with van der Waals surface area (Å²) in [4.78, 5) is 31.8. The van der Waals surface area contributed by atoms with Crippen LogP contribution < -0.4 is 0 Å². The molecule has 0 aliphatic carbocycles. The first-order chi connectivity index (χ1) is 52.5. The quantitative estimate of drug-likeness (QED) is 0.121. The van der Waals surface area contributed by atoms with Crippen molar-refractivity contribution >= 4 is 87.2 Å². The molecule has 0 fully saturated rings. The molecule has 15 aromatic carbocycles. The van der Waals surface area contributed by atoms with Crippen LogP contribution >= 0.6 is 0 Å². The van der Waals surface area contributed by atoms with Gasteiger partial charge in [-0.1, -0.05) is 255 Å². The van der Waals surface area contributed by atoms with Crippen LogP contribution in [-0.2, 0) is 0 Å². The van der Waals surface area contributed by atoms with E-state index >= 15 is 0 Å². The van der Waals surface area contributed by atoms with E-state index in [9.17, 15) is 0 Å². The molecule has 21 rings (SSSR count). The summed E-state index contributed by atoms with van der Waals surface area (Å²) < 4.78 is 9.34. The maximum absolute atomic E-state index is 5.46. The lowest BCUT2D eigenvalue weighted by Crippen LogP contribution is -2.06. The van der Waals surface area contributed by atoms with Crippen molar-refractivity contribution in [3.63, 3.8) is 0 Å². The number of hydrogen-bond donors (Lipinski definition) is 0. The smallest absolute Gasteiger partial charge is 0.238 e. The van der Waals surface area contributed by atoms with Gasteiger partial charge in [0.25, 0.3) is 0 Å². The van der Waals surface area contributed by atoms with E-state index in [2.05, 4.69) is 334 Å². The Morgan fingerprint density at radius 3 is 0.925 bits per heavy atom. The molecule has 21 aromatic rings. The molecule has 494 valence electrons. The minimum atomic E-state index is 0.518. The molecule has 0 amide bonds. The second-order valence-electron chi connectivity index (χ2n) is 27.0. The van der Waals surface area contributed by atoms with Crippen LogP contribution in [0.3, 0.4) is 0 Å². The van der Waals surface area contributed by atoms with Gasteiger partial charge < -0.3 is 13.7 Å². The first-order valence-corrected chi connectivity index (χ1v) is 35.7. The van der Waals surface area contributed by atoms with Gasteiger partial charge in [0.2, 0.25) is 5.95 Å². The Balaban J connectivity index is 0.641. The van der Waals surface area contributed by atoms with Crippen LogP contribution in [0.2, 0.25) is 0 Å². The first kappa shape index (κ1) is 60.3. The fraction of sp³-hybridized carbons (Fsp3) is 0. The molecule has 0 radical (unpaired) electrons. The van der Waals surface area contributed by atoms with Gasteiger partial charge in [-0.25, -0.2) is 19.9 Å². The van der Waals surface area contributed by atoms with Crippen LogP contribution in [0, 0.1) is 0 Å². The minimum absolute atomic E-state index is 0.518. The third-order valence-electron chi connectivity index (χ3n) is 20.9. The van der Waals surface area contributed by atoms with E-state index < -0.39 is 0 Å². The lowest BCUT2D eigenvalue weighted by Gasteiger charge is -2.13. The predicted molar refractivity (Wildman–Crippen MR) is 434 cm³/mol. The zero-order valence-electron chi connectivity index (χ0n) is 57.1. The lowest BCUT2D eigenvalue weighted by molar-refractivity contribution is 0.953. The Hall–Kier alpha value is -14.5. The van der Waals surface area contributed by atoms with Crippen LogP contribution in [0.5, 0.6) is 0 Å². The van der Waals surface area contributed by atoms with Gasteiger partial charge in [0, 0.05) is 88.0 Å². The molecule has 0 bridgehead atoms. The molecule has 6 aromatic heterocycles. The highest BCUT2D eigenvalue weighted by Gasteiger charge is 2.24. The third-order valence-corrected chi connectivity index (χ3v) is 20.9. The van der Waals surface area contributed by atoms with Gasteiger partial charge in [-0.2, -0.15) is 9.97 Å². The molecule has 0 spiro atoms. The van der Waals surface area contributed by atoms with Gasteiger partial charge in [-0.05, 0) is 143 Å². The maximum Gasteiger partial charge on any atom is 0.238 e. The molecular formula is C96H60N10. The van der Waals surface area contributed by atoms with Crippen molar-refractivity contribution in [2.75, 3.05) is 0 Å². The summed E-state index contributed by atoms with van der Waals surface area (Å²) in [6.45, 7) is 0. The Bertz CT molecular complexity index is 7060. The van der Waals surface area contributed by atoms with Crippen LogP contribution in [-0.4, -0.2) is 48.2 Å². The number of para-hydroxylation sites is 6. The second kappa shape index (κ2) is 24.7. The third kappa shape index (κ3) is 10.0. The van der Waals surface area contributed by atoms with E-state index in [0.717, 1.165) is 117 Å². The monoisotopic (exact) mass is 1350 g/mol. The number of fused-ring (bicyclic) bond motifs is 12. The molecule has 0 saturated heterocycles. The van der Waals surface area contributed by atoms with E-state index in [1.807, 2.05) is 48.5 Å². The van der Waals surface area contributed by atoms with Crippen molar-refractivity contribution in [2.24, 2.45) is 0 Å². The number of hydrogen-bond acceptors (Lipinski definition) is 6. The zero-order chi connectivity index (χ0) is 69.8. The number of benzene rings is 15. The first-order valence-electron chi connectivity index (χ1n) is 35.7. The summed E-state index contributed by atoms with van der Waals surface area (Å²) in [5.41, 5.74) is 23.0. The van der Waals surface area contributed by atoms with Crippen molar-refractivity contribution in [1.29, 1.82) is 0 Å². The molecule has 0 saturated carbocycles. The van der Waals surface area contributed by atoms with Crippen LogP contribution in [0.25, 0.3) is 201 Å². The average Bonchev–Trinajstić information content (AvgIpc) is 1.58. The SMILES string of the molecule is c1ccc(-c2nc(-c3ccc(-n4c5ccccc5c5ccc(-c6ccc7c8ccccc8n(-c8ccccc8)c7c6)cc54)cc3)nc(-c3cccc(-c4cccc(-c5nc(-c6ccccc6)nc(-n6c7ccccc7c7c(-c8ccc9c%10ccccc%10n(-c%10ccccc%10)c9c8)cccc76)n5)c4)c3)n2)cc1. The van der Waals surface area contributed by atoms with E-state index in [1.54, 1.807) is 0 Å². The van der Waals surface area contributed by atoms with Gasteiger partial charge >= 0.3 is 0 Å². The van der Waals surface area contributed by atoms with Crippen molar-refractivity contribution in [3.8, 4) is 113 Å². The maximum atomic E-state index is 5.46. The molecule has 6 heterocycles. The zero-order valence-corrected chi connectivity index (χ0v) is 57.1. The van der Waals surface area contributed by atoms with Crippen molar-refractivity contribution in [1.82, 2.24) is 48.2 Å². The summed E-state index contributed by atoms with van der Waals surface area (Å²) in [6, 6.07) is 129. The average molecular weight is 1350 g/mol. The summed E-state index contributed by atoms with van der Waals surface area (Å²) in [7, 11) is 0. The fourth-order valence-electron chi connectivity index (χ4n) is 16.0. The fourth-order valence-corrected chi connectivity index (χ4v) is 16.0. The summed E-state index contributed by atoms with van der Waals surface area (Å²) >= 11 is 0. The van der Waals surface area contributed by atoms with Crippen LogP contribution in [0.15, 0.2) is 364 Å². The largest absolute Gasteiger partial charge is 0.309 e. The van der Waals surface area contributed by atoms with E-state index in [-0.39, 0.29) is 0 Å². The molecule has 10 nitrogen and oxygen atoms in total. The molecule has 106 heavy (non-hydrogen) atoms. The lowest BCUT2D eigenvalue weighted by atomic mass is 9.98. The van der Waals surface area contributed by atoms with Gasteiger partial charge in [0.15, 0.2) is 29.1 Å². The topological polar surface area (TPSA) is 97.1 Å². The van der Waals surface area contributed by atoms with Crippen molar-refractivity contribution in [2.45, 2.75) is 0 Å². The Labute approximate surface area is 609 Å². The molecule has 0 aliphatic rings. The number of nitrogens with zero attached hydrogens (tertiary/aromatic N) is 10. The summed E-state index contributed by atoms with van der Waals surface area (Å²) in [5, 5.41) is 9.47. The highest BCUT2D eigenvalue weighted by Crippen LogP contribution is 2.44. The molecule has 0 atom stereocenters. The normalized spacial score (nSPS) is 11.8. The van der Waals surface area contributed by atoms with Gasteiger partial charge in [0.05, 0.1) is 44.1 Å². The van der Waals surface area contributed by atoms with Gasteiger partial charge in [-0.3, -0.25) is 4.57 Å². The van der Waals surface area contributed by atoms with E-state index in [1.165, 1.54) is 48.9 Å². The molecule has 10 heteroatoms. The second-order valence-corrected chi connectivity index (χ2v) is 27.0. The Kier molecular flexibility index (Phi) is 14.0. The van der Waals surface area contributed by atoms with E-state index in [0.29, 0.717) is 35.1 Å². The van der Waals surface area contributed by atoms with Crippen LogP contribution in [0.1, 0.15) is 0 Å². The molecule has 0 unspecified atom stereocenters. The highest BCUT2D eigenvalue weighted by molar-refractivity contribution is 6.18. The standard InChI is InChI=1S/C96H60N10/c1-5-24-61(25-6-1)91-97-92(63-46-51-73(52-47-63)105-84-43-19-15-37-76(84)79-54-49-67(59-88(79)105)66-48-53-78-75-36-13-17-41-82(75)103(87(78)58-66)71-32-9-3-10-33-71)99-94(98-91)69-30-21-28-64(56-69)65-29-22-31-70(57-65)95-100-93(62-26-7-2-8-27-62)101-96(102-95)106-85-44-20-16-39-81(85)90-74(40-23-45-86(90)106)68-50-55-80-77-38-14-18-42-83(77)104(89(80)60-68)72-34-11-4-12-35-72/h1-60H. The number of rotatable bonds is 12. The van der Waals surface area contributed by atoms with Crippen LogP contribution in [0.4, 0.5) is 0 Å². The van der Waals surface area contributed by atoms with E-state index in [4.69, 9.17) is 29.9 Å². The summed E-state index contributed by atoms with van der Waals surface area (Å²) in [6.07, 6.45) is 0. The van der Waals surface area contributed by atoms with Gasteiger partial charge in [-0.15, -0.1) is 0 Å². The minimum Gasteiger partial charge on any atom is -0.309 e.